The number of hydrogen-bond donors (Lipinski definition) is 2. The lowest BCUT2D eigenvalue weighted by Crippen LogP contribution is -2.45. The third-order valence-corrected chi connectivity index (χ3v) is 3.52. The van der Waals surface area contributed by atoms with Gasteiger partial charge >= 0.3 is 5.97 Å². The number of hydrogen-bond acceptors (Lipinski definition) is 3. The Balaban J connectivity index is 2.80. The van der Waals surface area contributed by atoms with Gasteiger partial charge in [0.2, 0.25) is 0 Å². The Morgan fingerprint density at radius 2 is 1.95 bits per heavy atom. The predicted octanol–water partition coefficient (Wildman–Crippen LogP) is 2.49. The van der Waals surface area contributed by atoms with Crippen molar-refractivity contribution in [1.29, 1.82) is 0 Å². The summed E-state index contributed by atoms with van der Waals surface area (Å²) in [5.41, 5.74) is -0.668. The Bertz CT molecular complexity index is 413. The molecule has 0 heterocycles. The zero-order valence-corrected chi connectivity index (χ0v) is 11.7. The van der Waals surface area contributed by atoms with E-state index in [0.717, 1.165) is 11.3 Å². The molecule has 106 valence electrons. The topological polar surface area (TPSA) is 66.8 Å². The molecular weight excluding hydrogens is 244 g/mol. The van der Waals surface area contributed by atoms with E-state index in [9.17, 15) is 15.0 Å². The number of carboxylic acid groups (broad SMARTS) is 1. The average Bonchev–Trinajstić information content (AvgIpc) is 2.39. The van der Waals surface area contributed by atoms with Crippen LogP contribution in [0, 0.1) is 5.92 Å². The first-order valence-electron chi connectivity index (χ1n) is 6.52. The van der Waals surface area contributed by atoms with Crippen LogP contribution < -0.4 is 4.74 Å². The Morgan fingerprint density at radius 1 is 1.37 bits per heavy atom. The molecule has 0 fully saturated rings. The molecular formula is C15H22O4. The maximum atomic E-state index is 11.3. The molecule has 2 unspecified atom stereocenters. The van der Waals surface area contributed by atoms with Gasteiger partial charge in [0, 0.05) is 0 Å². The first-order chi connectivity index (χ1) is 8.93. The van der Waals surface area contributed by atoms with E-state index in [0.29, 0.717) is 12.8 Å². The summed E-state index contributed by atoms with van der Waals surface area (Å²) < 4.78 is 5.07. The third kappa shape index (κ3) is 3.70. The normalized spacial score (nSPS) is 15.6. The van der Waals surface area contributed by atoms with Crippen molar-refractivity contribution in [3.05, 3.63) is 29.8 Å². The van der Waals surface area contributed by atoms with Crippen molar-refractivity contribution in [2.24, 2.45) is 5.92 Å². The van der Waals surface area contributed by atoms with E-state index in [4.69, 9.17) is 4.74 Å². The third-order valence-electron chi connectivity index (χ3n) is 3.52. The SMILES string of the molecule is CCCC(O)(C(=O)O)C(C)Cc1ccc(OC)cc1. The van der Waals surface area contributed by atoms with E-state index in [2.05, 4.69) is 0 Å². The van der Waals surface area contributed by atoms with Crippen molar-refractivity contribution in [1.82, 2.24) is 0 Å². The lowest BCUT2D eigenvalue weighted by atomic mass is 9.81. The molecule has 0 radical (unpaired) electrons. The first-order valence-corrected chi connectivity index (χ1v) is 6.52. The number of aliphatic hydroxyl groups is 1. The summed E-state index contributed by atoms with van der Waals surface area (Å²) in [6, 6.07) is 7.45. The fraction of sp³-hybridized carbons (Fsp3) is 0.533. The molecule has 2 atom stereocenters. The number of methoxy groups -OCH3 is 1. The van der Waals surface area contributed by atoms with Gasteiger partial charge in [0.25, 0.3) is 0 Å². The van der Waals surface area contributed by atoms with Gasteiger partial charge in [-0.1, -0.05) is 32.4 Å². The van der Waals surface area contributed by atoms with Crippen LogP contribution in [-0.4, -0.2) is 28.9 Å². The molecule has 0 spiro atoms. The number of aliphatic carboxylic acids is 1. The second-order valence-corrected chi connectivity index (χ2v) is 4.93. The summed E-state index contributed by atoms with van der Waals surface area (Å²) in [4.78, 5) is 11.3. The van der Waals surface area contributed by atoms with Gasteiger partial charge in [-0.05, 0) is 36.5 Å². The maximum absolute atomic E-state index is 11.3. The number of rotatable bonds is 7. The van der Waals surface area contributed by atoms with Crippen molar-refractivity contribution >= 4 is 5.97 Å². The van der Waals surface area contributed by atoms with Crippen molar-refractivity contribution < 1.29 is 19.7 Å². The van der Waals surface area contributed by atoms with Crippen molar-refractivity contribution in [3.8, 4) is 5.75 Å². The Kier molecular flexibility index (Phi) is 5.36. The van der Waals surface area contributed by atoms with E-state index in [1.807, 2.05) is 31.2 Å². The zero-order chi connectivity index (χ0) is 14.5. The molecule has 1 rings (SSSR count). The van der Waals surface area contributed by atoms with E-state index in [-0.39, 0.29) is 12.3 Å². The Hall–Kier alpha value is -1.55. The number of carbonyl (C=O) groups is 1. The highest BCUT2D eigenvalue weighted by Gasteiger charge is 2.40. The van der Waals surface area contributed by atoms with Crippen molar-refractivity contribution in [3.63, 3.8) is 0 Å². The summed E-state index contributed by atoms with van der Waals surface area (Å²) in [6.45, 7) is 3.64. The number of ether oxygens (including phenoxy) is 1. The Labute approximate surface area is 114 Å². The first kappa shape index (κ1) is 15.5. The predicted molar refractivity (Wildman–Crippen MR) is 73.4 cm³/mol. The lowest BCUT2D eigenvalue weighted by molar-refractivity contribution is -0.165. The van der Waals surface area contributed by atoms with Crippen LogP contribution in [0.1, 0.15) is 32.3 Å². The summed E-state index contributed by atoms with van der Waals surface area (Å²) in [6.07, 6.45) is 1.42. The monoisotopic (exact) mass is 266 g/mol. The second-order valence-electron chi connectivity index (χ2n) is 4.93. The van der Waals surface area contributed by atoms with Crippen LogP contribution in [0.5, 0.6) is 5.75 Å². The van der Waals surface area contributed by atoms with Gasteiger partial charge in [-0.15, -0.1) is 0 Å². The standard InChI is InChI=1S/C15H22O4/c1-4-9-15(18,14(16)17)11(2)10-12-5-7-13(19-3)8-6-12/h5-8,11,18H,4,9-10H2,1-3H3,(H,16,17). The van der Waals surface area contributed by atoms with Gasteiger partial charge in [-0.2, -0.15) is 0 Å². The van der Waals surface area contributed by atoms with E-state index < -0.39 is 11.6 Å². The van der Waals surface area contributed by atoms with Crippen LogP contribution in [-0.2, 0) is 11.2 Å². The Morgan fingerprint density at radius 3 is 2.37 bits per heavy atom. The summed E-state index contributed by atoms with van der Waals surface area (Å²) in [5, 5.41) is 19.5. The second kappa shape index (κ2) is 6.57. The average molecular weight is 266 g/mol. The van der Waals surface area contributed by atoms with Crippen molar-refractivity contribution in [2.45, 2.75) is 38.7 Å². The van der Waals surface area contributed by atoms with Gasteiger partial charge in [0.15, 0.2) is 5.60 Å². The van der Waals surface area contributed by atoms with Crippen LogP contribution in [0.15, 0.2) is 24.3 Å². The highest BCUT2D eigenvalue weighted by atomic mass is 16.5. The van der Waals surface area contributed by atoms with E-state index in [1.165, 1.54) is 0 Å². The molecule has 0 aromatic heterocycles. The van der Waals surface area contributed by atoms with Gasteiger partial charge in [0.1, 0.15) is 5.75 Å². The molecule has 0 amide bonds. The summed E-state index contributed by atoms with van der Waals surface area (Å²) in [7, 11) is 1.60. The maximum Gasteiger partial charge on any atom is 0.335 e. The zero-order valence-electron chi connectivity index (χ0n) is 11.7. The fourth-order valence-electron chi connectivity index (χ4n) is 2.23. The highest BCUT2D eigenvalue weighted by molar-refractivity contribution is 5.77. The minimum Gasteiger partial charge on any atom is -0.497 e. The molecule has 0 saturated heterocycles. The fourth-order valence-corrected chi connectivity index (χ4v) is 2.23. The summed E-state index contributed by atoms with van der Waals surface area (Å²) >= 11 is 0. The van der Waals surface area contributed by atoms with E-state index in [1.54, 1.807) is 14.0 Å². The smallest absolute Gasteiger partial charge is 0.335 e. The molecule has 4 nitrogen and oxygen atoms in total. The molecule has 0 saturated carbocycles. The van der Waals surface area contributed by atoms with Gasteiger partial charge in [-0.25, -0.2) is 4.79 Å². The van der Waals surface area contributed by atoms with E-state index >= 15 is 0 Å². The van der Waals surface area contributed by atoms with Crippen LogP contribution >= 0.6 is 0 Å². The molecule has 0 aliphatic rings. The lowest BCUT2D eigenvalue weighted by Gasteiger charge is -2.29. The van der Waals surface area contributed by atoms with Crippen LogP contribution in [0.3, 0.4) is 0 Å². The quantitative estimate of drug-likeness (QED) is 0.795. The van der Waals surface area contributed by atoms with Crippen LogP contribution in [0.2, 0.25) is 0 Å². The van der Waals surface area contributed by atoms with Crippen molar-refractivity contribution in [2.75, 3.05) is 7.11 Å². The number of carboxylic acids is 1. The molecule has 1 aromatic rings. The molecule has 0 aliphatic carbocycles. The molecule has 1 aromatic carbocycles. The summed E-state index contributed by atoms with van der Waals surface area (Å²) in [5.74, 6) is -0.729. The van der Waals surface area contributed by atoms with Crippen LogP contribution in [0.4, 0.5) is 0 Å². The number of benzene rings is 1. The minimum absolute atomic E-state index is 0.264. The highest BCUT2D eigenvalue weighted by Crippen LogP contribution is 2.27. The van der Waals surface area contributed by atoms with Crippen LogP contribution in [0.25, 0.3) is 0 Å². The molecule has 0 aliphatic heterocycles. The largest absolute Gasteiger partial charge is 0.497 e. The molecule has 19 heavy (non-hydrogen) atoms. The van der Waals surface area contributed by atoms with Gasteiger partial charge < -0.3 is 14.9 Å². The van der Waals surface area contributed by atoms with Gasteiger partial charge in [-0.3, -0.25) is 0 Å². The molecule has 4 heteroatoms. The molecule has 2 N–H and O–H groups in total. The minimum atomic E-state index is -1.66. The van der Waals surface area contributed by atoms with Gasteiger partial charge in [0.05, 0.1) is 7.11 Å². The molecule has 0 bridgehead atoms.